The molecule has 2 N–H and O–H groups in total. The van der Waals surface area contributed by atoms with Crippen molar-refractivity contribution in [2.45, 2.75) is 57.5 Å². The maximum absolute atomic E-state index is 13.9. The summed E-state index contributed by atoms with van der Waals surface area (Å²) in [6, 6.07) is 15.9. The van der Waals surface area contributed by atoms with Gasteiger partial charge in [0, 0.05) is 29.0 Å². The van der Waals surface area contributed by atoms with E-state index in [9.17, 15) is 13.2 Å². The maximum atomic E-state index is 13.9. The van der Waals surface area contributed by atoms with E-state index in [4.69, 9.17) is 10.5 Å². The van der Waals surface area contributed by atoms with Gasteiger partial charge in [0.1, 0.15) is 6.10 Å². The van der Waals surface area contributed by atoms with Crippen molar-refractivity contribution < 1.29 is 17.9 Å². The fourth-order valence-electron chi connectivity index (χ4n) is 6.03. The molecule has 1 heterocycles. The molecular weight excluding hydrogens is 496 g/mol. The van der Waals surface area contributed by atoms with Gasteiger partial charge in [-0.05, 0) is 54.9 Å². The van der Waals surface area contributed by atoms with Crippen LogP contribution in [0.1, 0.15) is 51.3 Å². The fourth-order valence-corrected chi connectivity index (χ4v) is 7.62. The monoisotopic (exact) mass is 534 g/mol. The molecule has 1 fully saturated rings. The lowest BCUT2D eigenvalue weighted by Crippen LogP contribution is -2.38. The molecule has 0 saturated heterocycles. The Kier molecular flexibility index (Phi) is 8.46. The van der Waals surface area contributed by atoms with E-state index in [0.717, 1.165) is 30.2 Å². The van der Waals surface area contributed by atoms with Gasteiger partial charge in [-0.2, -0.15) is 0 Å². The Balaban J connectivity index is 1.87. The van der Waals surface area contributed by atoms with E-state index >= 15 is 0 Å². The molecule has 0 aliphatic heterocycles. The third-order valence-corrected chi connectivity index (χ3v) is 9.55. The van der Waals surface area contributed by atoms with Crippen molar-refractivity contribution in [3.8, 4) is 0 Å². The molecule has 1 aliphatic rings. The Labute approximate surface area is 226 Å². The molecule has 1 amide bonds. The van der Waals surface area contributed by atoms with Crippen molar-refractivity contribution in [1.29, 1.82) is 0 Å². The summed E-state index contributed by atoms with van der Waals surface area (Å²) in [6.07, 6.45) is 7.71. The number of rotatable bonds is 9. The number of hydrogen-bond acceptors (Lipinski definition) is 4. The van der Waals surface area contributed by atoms with E-state index in [0.29, 0.717) is 35.4 Å². The highest BCUT2D eigenvalue weighted by Crippen LogP contribution is 2.41. The van der Waals surface area contributed by atoms with Crippen molar-refractivity contribution in [3.05, 3.63) is 84.6 Å². The molecule has 4 rings (SSSR count). The Hall–Kier alpha value is -3.32. The highest BCUT2D eigenvalue weighted by Gasteiger charge is 2.37. The van der Waals surface area contributed by atoms with Gasteiger partial charge in [0.05, 0.1) is 10.4 Å². The van der Waals surface area contributed by atoms with Crippen LogP contribution in [-0.4, -0.2) is 24.6 Å². The van der Waals surface area contributed by atoms with Crippen LogP contribution in [0.2, 0.25) is 0 Å². The summed E-state index contributed by atoms with van der Waals surface area (Å²) in [7, 11) is -3.87. The van der Waals surface area contributed by atoms with Crippen LogP contribution < -0.4 is 5.73 Å². The zero-order valence-corrected chi connectivity index (χ0v) is 23.2. The van der Waals surface area contributed by atoms with Crippen molar-refractivity contribution >= 4 is 33.1 Å². The lowest BCUT2D eigenvalue weighted by molar-refractivity contribution is 0.0286. The number of benzene rings is 2. The van der Waals surface area contributed by atoms with E-state index in [-0.39, 0.29) is 10.8 Å². The average molecular weight is 535 g/mol. The zero-order valence-electron chi connectivity index (χ0n) is 22.4. The molecule has 0 radical (unpaired) electrons. The van der Waals surface area contributed by atoms with E-state index in [2.05, 4.69) is 27.4 Å². The van der Waals surface area contributed by atoms with Gasteiger partial charge in [-0.25, -0.2) is 17.2 Å². The Morgan fingerprint density at radius 3 is 2.45 bits per heavy atom. The van der Waals surface area contributed by atoms with Crippen LogP contribution in [0.15, 0.2) is 78.2 Å². The van der Waals surface area contributed by atoms with Crippen molar-refractivity contribution in [2.75, 3.05) is 0 Å². The summed E-state index contributed by atoms with van der Waals surface area (Å²) in [4.78, 5) is 12.2. The molecular formula is C31H38N2O4S. The number of hydrogen-bond donors (Lipinski definition) is 1. The van der Waals surface area contributed by atoms with Gasteiger partial charge in [0.25, 0.3) is 10.0 Å². The second-order valence-electron chi connectivity index (χ2n) is 10.7. The second-order valence-corrected chi connectivity index (χ2v) is 12.5. The molecule has 0 unspecified atom stereocenters. The largest absolute Gasteiger partial charge is 0.442 e. The number of carbonyl (C=O) groups excluding carboxylic acids is 1. The van der Waals surface area contributed by atoms with Crippen molar-refractivity contribution in [1.82, 2.24) is 3.97 Å². The molecule has 0 spiro atoms. The van der Waals surface area contributed by atoms with E-state index in [1.54, 1.807) is 36.4 Å². The minimum Gasteiger partial charge on any atom is -0.442 e. The first-order valence-corrected chi connectivity index (χ1v) is 14.8. The summed E-state index contributed by atoms with van der Waals surface area (Å²) >= 11 is 0. The minimum atomic E-state index is -3.87. The smallest absolute Gasteiger partial charge is 0.405 e. The third-order valence-electron chi connectivity index (χ3n) is 7.79. The van der Waals surface area contributed by atoms with Gasteiger partial charge in [-0.1, -0.05) is 75.7 Å². The molecule has 1 saturated carbocycles. The second kappa shape index (κ2) is 11.6. The number of para-hydroxylation sites is 1. The molecule has 1 aliphatic carbocycles. The highest BCUT2D eigenvalue weighted by atomic mass is 32.2. The fraction of sp³-hybridized carbons (Fsp3) is 0.387. The first-order valence-electron chi connectivity index (χ1n) is 13.3. The Morgan fingerprint density at radius 2 is 1.79 bits per heavy atom. The number of fused-ring (bicyclic) bond motifs is 1. The lowest BCUT2D eigenvalue weighted by Gasteiger charge is -2.40. The minimum absolute atomic E-state index is 0.131. The Morgan fingerprint density at radius 1 is 1.11 bits per heavy atom. The van der Waals surface area contributed by atoms with E-state index < -0.39 is 22.2 Å². The number of aromatic nitrogens is 1. The predicted molar refractivity (Wildman–Crippen MR) is 153 cm³/mol. The van der Waals surface area contributed by atoms with Gasteiger partial charge in [0.15, 0.2) is 0 Å². The topological polar surface area (TPSA) is 91.4 Å². The van der Waals surface area contributed by atoms with Crippen LogP contribution in [0.4, 0.5) is 4.79 Å². The molecule has 2 aromatic carbocycles. The lowest BCUT2D eigenvalue weighted by atomic mass is 9.68. The summed E-state index contributed by atoms with van der Waals surface area (Å²) in [5.74, 6) is 1.49. The summed E-state index contributed by atoms with van der Waals surface area (Å²) < 4.78 is 34.8. The number of nitrogens with zero attached hydrogens (tertiary/aromatic N) is 1. The van der Waals surface area contributed by atoms with Crippen LogP contribution in [0.3, 0.4) is 0 Å². The molecule has 0 bridgehead atoms. The third kappa shape index (κ3) is 5.58. The molecule has 6 nitrogen and oxygen atoms in total. The number of carbonyl (C=O) groups is 1. The van der Waals surface area contributed by atoms with Crippen LogP contribution in [0, 0.1) is 23.7 Å². The van der Waals surface area contributed by atoms with E-state index in [1.165, 1.54) is 3.97 Å². The summed E-state index contributed by atoms with van der Waals surface area (Å²) in [5.41, 5.74) is 7.49. The van der Waals surface area contributed by atoms with E-state index in [1.807, 2.05) is 36.4 Å². The van der Waals surface area contributed by atoms with Crippen LogP contribution in [-0.2, 0) is 21.2 Å². The molecule has 3 aromatic rings. The van der Waals surface area contributed by atoms with Gasteiger partial charge < -0.3 is 10.5 Å². The SMILES string of the molecule is C=CCc1c(/C=C/[C@@H](OC(N)=O)[C@@H]2C[C@H](C)CC[C@H]2C(C)C)c2ccccc2n1S(=O)(=O)c1ccccc1. The van der Waals surface area contributed by atoms with Crippen LogP contribution in [0.5, 0.6) is 0 Å². The van der Waals surface area contributed by atoms with Gasteiger partial charge in [0.2, 0.25) is 0 Å². The molecule has 7 heteroatoms. The number of nitrogens with two attached hydrogens (primary N) is 1. The Bertz CT molecular complexity index is 1420. The quantitative estimate of drug-likeness (QED) is 0.306. The number of primary amides is 1. The summed E-state index contributed by atoms with van der Waals surface area (Å²) in [6.45, 7) is 10.5. The number of amides is 1. The number of allylic oxidation sites excluding steroid dienone is 1. The standard InChI is InChI=1S/C31H38N2O4S/c1-5-11-28-26(18-19-30(37-31(32)34)27-20-22(4)16-17-24(27)21(2)3)25-14-9-10-15-29(25)33(28)38(35,36)23-12-7-6-8-13-23/h5-10,12-15,18-19,21-22,24,27,30H,1,11,16-17,20H2,2-4H3,(H2,32,34)/b19-18+/t22-,24+,27-,30-/m1/s1. The van der Waals surface area contributed by atoms with Gasteiger partial charge in [-0.3, -0.25) is 0 Å². The molecule has 4 atom stereocenters. The molecule has 1 aromatic heterocycles. The zero-order chi connectivity index (χ0) is 27.4. The maximum Gasteiger partial charge on any atom is 0.405 e. The molecule has 38 heavy (non-hydrogen) atoms. The summed E-state index contributed by atoms with van der Waals surface area (Å²) in [5, 5.41) is 0.801. The normalized spacial score (nSPS) is 21.1. The van der Waals surface area contributed by atoms with Crippen molar-refractivity contribution in [2.24, 2.45) is 29.4 Å². The van der Waals surface area contributed by atoms with Crippen LogP contribution >= 0.6 is 0 Å². The average Bonchev–Trinajstić information content (AvgIpc) is 3.20. The van der Waals surface area contributed by atoms with Gasteiger partial charge in [-0.15, -0.1) is 6.58 Å². The van der Waals surface area contributed by atoms with Gasteiger partial charge >= 0.3 is 6.09 Å². The van der Waals surface area contributed by atoms with Crippen LogP contribution in [0.25, 0.3) is 17.0 Å². The number of ether oxygens (including phenoxy) is 1. The predicted octanol–water partition coefficient (Wildman–Crippen LogP) is 6.79. The molecule has 202 valence electrons. The first-order chi connectivity index (χ1) is 18.1. The highest BCUT2D eigenvalue weighted by molar-refractivity contribution is 7.90. The first kappa shape index (κ1) is 27.7. The van der Waals surface area contributed by atoms with Crippen molar-refractivity contribution in [3.63, 3.8) is 0 Å².